The third-order valence-corrected chi connectivity index (χ3v) is 1.83. The number of nitrogens with zero attached hydrogens (tertiary/aromatic N) is 1. The Balaban J connectivity index is 2.88. The summed E-state index contributed by atoms with van der Waals surface area (Å²) in [5, 5.41) is 2.04. The third-order valence-electron chi connectivity index (χ3n) is 1.83. The molecule has 0 spiro atoms. The smallest absolute Gasteiger partial charge is 0.291 e. The van der Waals surface area contributed by atoms with Crippen molar-refractivity contribution in [3.63, 3.8) is 0 Å². The van der Waals surface area contributed by atoms with Crippen LogP contribution < -0.4 is 5.56 Å². The number of hydrogen-bond acceptors (Lipinski definition) is 1. The number of hydrogen-bond donors (Lipinski definition) is 1. The van der Waals surface area contributed by atoms with Crippen LogP contribution in [-0.4, -0.2) is 9.78 Å². The fourth-order valence-electron chi connectivity index (χ4n) is 1.06. The van der Waals surface area contributed by atoms with Gasteiger partial charge in [0.05, 0.1) is 0 Å². The number of H-pyrrole nitrogens is 1. The average molecular weight is 208 g/mol. The van der Waals surface area contributed by atoms with Crippen molar-refractivity contribution in [1.82, 2.24) is 9.78 Å². The number of halogens is 3. The molecule has 0 fully saturated rings. The van der Waals surface area contributed by atoms with Gasteiger partial charge in [-0.3, -0.25) is 14.6 Å². The van der Waals surface area contributed by atoms with E-state index in [1.54, 1.807) is 0 Å². The zero-order valence-electron chi connectivity index (χ0n) is 7.69. The van der Waals surface area contributed by atoms with Crippen molar-refractivity contribution in [1.29, 1.82) is 0 Å². The molecule has 14 heavy (non-hydrogen) atoms. The molecule has 0 aliphatic rings. The summed E-state index contributed by atoms with van der Waals surface area (Å²) in [5.41, 5.74) is -1.62. The van der Waals surface area contributed by atoms with E-state index in [1.807, 2.05) is 12.0 Å². The fourth-order valence-corrected chi connectivity index (χ4v) is 1.06. The molecule has 6 heteroatoms. The molecule has 1 rings (SSSR count). The van der Waals surface area contributed by atoms with Crippen molar-refractivity contribution in [2.75, 3.05) is 0 Å². The molecule has 80 valence electrons. The minimum atomic E-state index is -4.48. The molecular formula is C8H11F3N2O. The molecule has 1 aromatic heterocycles. The van der Waals surface area contributed by atoms with Gasteiger partial charge < -0.3 is 0 Å². The normalized spacial score (nSPS) is 12.0. The maximum atomic E-state index is 12.1. The van der Waals surface area contributed by atoms with Crippen LogP contribution in [0.25, 0.3) is 0 Å². The molecule has 1 N–H and O–H groups in total. The summed E-state index contributed by atoms with van der Waals surface area (Å²) >= 11 is 0. The molecule has 0 saturated carbocycles. The maximum absolute atomic E-state index is 12.1. The lowest BCUT2D eigenvalue weighted by Gasteiger charge is -2.03. The topological polar surface area (TPSA) is 37.8 Å². The van der Waals surface area contributed by atoms with E-state index in [1.165, 1.54) is 0 Å². The van der Waals surface area contributed by atoms with E-state index in [2.05, 4.69) is 0 Å². The number of aromatic nitrogens is 2. The predicted octanol–water partition coefficient (Wildman–Crippen LogP) is 2.00. The number of aromatic amines is 1. The van der Waals surface area contributed by atoms with Crippen LogP contribution in [0.4, 0.5) is 13.2 Å². The zero-order valence-corrected chi connectivity index (χ0v) is 7.69. The van der Waals surface area contributed by atoms with Gasteiger partial charge >= 0.3 is 6.18 Å². The van der Waals surface area contributed by atoms with Gasteiger partial charge in [-0.05, 0) is 6.42 Å². The quantitative estimate of drug-likeness (QED) is 0.810. The molecule has 0 amide bonds. The Kier molecular flexibility index (Phi) is 3.03. The summed E-state index contributed by atoms with van der Waals surface area (Å²) < 4.78 is 37.3. The largest absolute Gasteiger partial charge is 0.432 e. The summed E-state index contributed by atoms with van der Waals surface area (Å²) in [5.74, 6) is 0. The Morgan fingerprint density at radius 3 is 2.57 bits per heavy atom. The van der Waals surface area contributed by atoms with Gasteiger partial charge in [0.2, 0.25) is 0 Å². The Morgan fingerprint density at radius 1 is 1.50 bits per heavy atom. The first kappa shape index (κ1) is 10.9. The molecule has 1 aromatic rings. The Labute approximate surface area is 78.5 Å². The van der Waals surface area contributed by atoms with Crippen molar-refractivity contribution in [2.45, 2.75) is 32.5 Å². The molecule has 0 radical (unpaired) electrons. The van der Waals surface area contributed by atoms with Crippen LogP contribution in [0.15, 0.2) is 10.9 Å². The van der Waals surface area contributed by atoms with Crippen LogP contribution in [0.5, 0.6) is 0 Å². The van der Waals surface area contributed by atoms with E-state index in [0.717, 1.165) is 11.1 Å². The van der Waals surface area contributed by atoms with Crippen LogP contribution in [0.1, 0.15) is 25.5 Å². The molecule has 0 saturated heterocycles. The first-order chi connectivity index (χ1) is 6.45. The molecule has 1 heterocycles. The zero-order chi connectivity index (χ0) is 10.8. The molecule has 0 atom stereocenters. The van der Waals surface area contributed by atoms with E-state index >= 15 is 0 Å². The van der Waals surface area contributed by atoms with E-state index in [9.17, 15) is 18.0 Å². The second-order valence-corrected chi connectivity index (χ2v) is 3.01. The highest BCUT2D eigenvalue weighted by atomic mass is 19.4. The summed E-state index contributed by atoms with van der Waals surface area (Å²) in [7, 11) is 0. The lowest BCUT2D eigenvalue weighted by atomic mass is 10.3. The SMILES string of the molecule is CCCCn1[nH]c(C(F)(F)F)cc1=O. The second-order valence-electron chi connectivity index (χ2n) is 3.01. The monoisotopic (exact) mass is 208 g/mol. The highest BCUT2D eigenvalue weighted by Crippen LogP contribution is 2.26. The van der Waals surface area contributed by atoms with E-state index in [4.69, 9.17) is 0 Å². The van der Waals surface area contributed by atoms with Gasteiger partial charge in [0.1, 0.15) is 5.69 Å². The minimum Gasteiger partial charge on any atom is -0.291 e. The molecule has 0 aliphatic heterocycles. The third kappa shape index (κ3) is 2.40. The molecule has 0 bridgehead atoms. The maximum Gasteiger partial charge on any atom is 0.432 e. The van der Waals surface area contributed by atoms with Crippen LogP contribution in [-0.2, 0) is 12.7 Å². The summed E-state index contributed by atoms with van der Waals surface area (Å²) in [4.78, 5) is 11.0. The van der Waals surface area contributed by atoms with Gasteiger partial charge in [-0.2, -0.15) is 13.2 Å². The van der Waals surface area contributed by atoms with Crippen molar-refractivity contribution >= 4 is 0 Å². The molecular weight excluding hydrogens is 197 g/mol. The highest BCUT2D eigenvalue weighted by Gasteiger charge is 2.33. The Morgan fingerprint density at radius 2 is 2.14 bits per heavy atom. The van der Waals surface area contributed by atoms with Gasteiger partial charge in [0.15, 0.2) is 0 Å². The molecule has 0 aromatic carbocycles. The highest BCUT2D eigenvalue weighted by molar-refractivity contribution is 5.03. The van der Waals surface area contributed by atoms with E-state index < -0.39 is 17.4 Å². The number of alkyl halides is 3. The second kappa shape index (κ2) is 3.89. The lowest BCUT2D eigenvalue weighted by Crippen LogP contribution is -2.15. The first-order valence-electron chi connectivity index (χ1n) is 4.32. The number of rotatable bonds is 3. The lowest BCUT2D eigenvalue weighted by molar-refractivity contribution is -0.141. The van der Waals surface area contributed by atoms with Crippen LogP contribution in [0, 0.1) is 0 Å². The molecule has 3 nitrogen and oxygen atoms in total. The summed E-state index contributed by atoms with van der Waals surface area (Å²) in [6.07, 6.45) is -2.97. The van der Waals surface area contributed by atoms with E-state index in [0.29, 0.717) is 19.0 Å². The predicted molar refractivity (Wildman–Crippen MR) is 45.0 cm³/mol. The van der Waals surface area contributed by atoms with Crippen LogP contribution in [0.2, 0.25) is 0 Å². The van der Waals surface area contributed by atoms with Crippen molar-refractivity contribution < 1.29 is 13.2 Å². The number of aryl methyl sites for hydroxylation is 1. The van der Waals surface area contributed by atoms with Crippen molar-refractivity contribution in [3.05, 3.63) is 22.1 Å². The molecule has 0 unspecified atom stereocenters. The summed E-state index contributed by atoms with van der Waals surface area (Å²) in [6.45, 7) is 2.20. The van der Waals surface area contributed by atoms with Gasteiger partial charge in [0, 0.05) is 12.6 Å². The Hall–Kier alpha value is -1.20. The van der Waals surface area contributed by atoms with Crippen LogP contribution >= 0.6 is 0 Å². The van der Waals surface area contributed by atoms with Crippen molar-refractivity contribution in [3.8, 4) is 0 Å². The van der Waals surface area contributed by atoms with Crippen LogP contribution in [0.3, 0.4) is 0 Å². The van der Waals surface area contributed by atoms with Gasteiger partial charge in [-0.25, -0.2) is 0 Å². The van der Waals surface area contributed by atoms with Gasteiger partial charge in [0.25, 0.3) is 5.56 Å². The fraction of sp³-hybridized carbons (Fsp3) is 0.625. The average Bonchev–Trinajstić information content (AvgIpc) is 2.43. The molecule has 0 aliphatic carbocycles. The van der Waals surface area contributed by atoms with E-state index in [-0.39, 0.29) is 0 Å². The first-order valence-corrected chi connectivity index (χ1v) is 4.32. The Bertz CT molecular complexity index is 350. The van der Waals surface area contributed by atoms with Crippen molar-refractivity contribution in [2.24, 2.45) is 0 Å². The van der Waals surface area contributed by atoms with Gasteiger partial charge in [-0.1, -0.05) is 13.3 Å². The van der Waals surface area contributed by atoms with Gasteiger partial charge in [-0.15, -0.1) is 0 Å². The number of unbranched alkanes of at least 4 members (excludes halogenated alkanes) is 1. The summed E-state index contributed by atoms with van der Waals surface area (Å²) in [6, 6.07) is 0.579. The standard InChI is InChI=1S/C8H11F3N2O/c1-2-3-4-13-7(14)5-6(12-13)8(9,10)11/h5,12H,2-4H2,1H3. The number of nitrogens with one attached hydrogen (secondary N) is 1. The minimum absolute atomic E-state index is 0.297.